The smallest absolute Gasteiger partial charge is 0.282 e. The number of anilines is 1. The molecule has 0 radical (unpaired) electrons. The average molecular weight is 356 g/mol. The number of hydrogen-bond donors (Lipinski definition) is 1. The maximum absolute atomic E-state index is 12.7. The Hall–Kier alpha value is -1.34. The van der Waals surface area contributed by atoms with Crippen molar-refractivity contribution in [3.05, 3.63) is 40.3 Å². The highest BCUT2D eigenvalue weighted by Gasteiger charge is 2.33. The number of fused-ring (bicyclic) bond motifs is 1. The van der Waals surface area contributed by atoms with E-state index in [0.29, 0.717) is 11.1 Å². The number of halogens is 1. The van der Waals surface area contributed by atoms with Crippen LogP contribution in [0.5, 0.6) is 0 Å². The highest BCUT2D eigenvalue weighted by atomic mass is 79.9. The zero-order valence-corrected chi connectivity index (χ0v) is 13.3. The third-order valence-corrected chi connectivity index (χ3v) is 6.16. The molecular formula is C13H14BrN3O2S. The first-order valence-corrected chi connectivity index (χ1v) is 8.60. The van der Waals surface area contributed by atoms with E-state index in [1.807, 2.05) is 12.1 Å². The number of aryl methyl sites for hydroxylation is 1. The summed E-state index contributed by atoms with van der Waals surface area (Å²) in [5.41, 5.74) is 3.08. The monoisotopic (exact) mass is 355 g/mol. The maximum atomic E-state index is 12.7. The summed E-state index contributed by atoms with van der Waals surface area (Å²) in [5, 5.41) is 0.102. The molecule has 2 heterocycles. The average Bonchev–Trinajstić information content (AvgIpc) is 3.04. The molecule has 1 aliphatic rings. The molecule has 0 amide bonds. The van der Waals surface area contributed by atoms with Crippen molar-refractivity contribution in [3.63, 3.8) is 0 Å². The standard InChI is InChI=1S/C13H14BrN3O2S/c1-2-9-3-4-11-10(7-9)5-6-17(11)20(18,19)13-12(14)15-8-16-13/h3-4,7-8H,2,5-6H2,1H3,(H,15,16). The van der Waals surface area contributed by atoms with Gasteiger partial charge in [0.25, 0.3) is 10.0 Å². The fourth-order valence-electron chi connectivity index (χ4n) is 2.45. The van der Waals surface area contributed by atoms with Gasteiger partial charge in [-0.1, -0.05) is 19.1 Å². The number of benzene rings is 1. The van der Waals surface area contributed by atoms with Crippen molar-refractivity contribution in [2.45, 2.75) is 24.8 Å². The number of aromatic amines is 1. The third kappa shape index (κ3) is 2.05. The van der Waals surface area contributed by atoms with Gasteiger partial charge in [-0.3, -0.25) is 4.31 Å². The van der Waals surface area contributed by atoms with Gasteiger partial charge in [0.1, 0.15) is 4.60 Å². The van der Waals surface area contributed by atoms with Crippen molar-refractivity contribution >= 4 is 31.6 Å². The molecule has 1 aromatic heterocycles. The lowest BCUT2D eigenvalue weighted by Gasteiger charge is -2.18. The molecule has 1 N–H and O–H groups in total. The van der Waals surface area contributed by atoms with E-state index >= 15 is 0 Å². The molecule has 3 rings (SSSR count). The van der Waals surface area contributed by atoms with Crippen LogP contribution in [-0.2, 0) is 22.9 Å². The molecule has 0 aliphatic carbocycles. The highest BCUT2D eigenvalue weighted by molar-refractivity contribution is 9.10. The second-order valence-corrected chi connectivity index (χ2v) is 7.22. The molecule has 0 saturated heterocycles. The molecule has 106 valence electrons. The lowest BCUT2D eigenvalue weighted by Crippen LogP contribution is -2.29. The van der Waals surface area contributed by atoms with E-state index in [1.165, 1.54) is 16.2 Å². The molecule has 1 aromatic carbocycles. The van der Waals surface area contributed by atoms with Gasteiger partial charge in [0, 0.05) is 6.54 Å². The normalized spacial score (nSPS) is 14.6. The van der Waals surface area contributed by atoms with Crippen LogP contribution in [0.25, 0.3) is 0 Å². The van der Waals surface area contributed by atoms with E-state index in [9.17, 15) is 8.42 Å². The van der Waals surface area contributed by atoms with Crippen LogP contribution in [0.4, 0.5) is 5.69 Å². The minimum atomic E-state index is -3.59. The lowest BCUT2D eigenvalue weighted by molar-refractivity contribution is 0.588. The van der Waals surface area contributed by atoms with Crippen molar-refractivity contribution in [3.8, 4) is 0 Å². The van der Waals surface area contributed by atoms with Crippen LogP contribution in [0.15, 0.2) is 34.2 Å². The summed E-state index contributed by atoms with van der Waals surface area (Å²) in [5.74, 6) is 0. The molecule has 20 heavy (non-hydrogen) atoms. The van der Waals surface area contributed by atoms with Crippen molar-refractivity contribution < 1.29 is 8.42 Å². The summed E-state index contributed by atoms with van der Waals surface area (Å²) < 4.78 is 27.1. The summed E-state index contributed by atoms with van der Waals surface area (Å²) in [4.78, 5) is 6.58. The Morgan fingerprint density at radius 2 is 2.25 bits per heavy atom. The van der Waals surface area contributed by atoms with Gasteiger partial charge in [-0.25, -0.2) is 4.98 Å². The molecule has 1 aliphatic heterocycles. The fourth-order valence-corrected chi connectivity index (χ4v) is 4.74. The summed E-state index contributed by atoms with van der Waals surface area (Å²) in [6.07, 6.45) is 3.06. The van der Waals surface area contributed by atoms with Crippen molar-refractivity contribution in [2.24, 2.45) is 0 Å². The Kier molecular flexibility index (Phi) is 3.33. The van der Waals surface area contributed by atoms with Gasteiger partial charge >= 0.3 is 0 Å². The molecule has 0 bridgehead atoms. The van der Waals surface area contributed by atoms with E-state index in [4.69, 9.17) is 0 Å². The molecule has 0 atom stereocenters. The van der Waals surface area contributed by atoms with E-state index in [0.717, 1.165) is 24.1 Å². The zero-order chi connectivity index (χ0) is 14.3. The summed E-state index contributed by atoms with van der Waals surface area (Å²) in [6.45, 7) is 2.56. The van der Waals surface area contributed by atoms with E-state index in [1.54, 1.807) is 0 Å². The number of sulfonamides is 1. The Morgan fingerprint density at radius 1 is 1.45 bits per heavy atom. The van der Waals surface area contributed by atoms with Gasteiger partial charge < -0.3 is 4.98 Å². The lowest BCUT2D eigenvalue weighted by atomic mass is 10.1. The predicted molar refractivity (Wildman–Crippen MR) is 80.3 cm³/mol. The number of nitrogens with zero attached hydrogens (tertiary/aromatic N) is 2. The first-order valence-electron chi connectivity index (χ1n) is 6.37. The van der Waals surface area contributed by atoms with Gasteiger partial charge in [-0.15, -0.1) is 0 Å². The molecule has 0 fully saturated rings. The molecular weight excluding hydrogens is 342 g/mol. The number of nitrogens with one attached hydrogen (secondary N) is 1. The molecule has 0 spiro atoms. The fraction of sp³-hybridized carbons (Fsp3) is 0.308. The Balaban J connectivity index is 2.05. The first kappa shape index (κ1) is 13.6. The molecule has 5 nitrogen and oxygen atoms in total. The number of hydrogen-bond acceptors (Lipinski definition) is 3. The molecule has 0 unspecified atom stereocenters. The van der Waals surface area contributed by atoms with Crippen LogP contribution < -0.4 is 4.31 Å². The van der Waals surface area contributed by atoms with Crippen molar-refractivity contribution in [2.75, 3.05) is 10.8 Å². The summed E-state index contributed by atoms with van der Waals surface area (Å²) >= 11 is 3.16. The first-order chi connectivity index (χ1) is 9.54. The van der Waals surface area contributed by atoms with Crippen LogP contribution >= 0.6 is 15.9 Å². The van der Waals surface area contributed by atoms with E-state index in [-0.39, 0.29) is 5.03 Å². The number of imidazole rings is 1. The number of aromatic nitrogens is 2. The quantitative estimate of drug-likeness (QED) is 0.919. The van der Waals surface area contributed by atoms with Gasteiger partial charge in [0.15, 0.2) is 5.03 Å². The topological polar surface area (TPSA) is 66.1 Å². The SMILES string of the molecule is CCc1ccc2c(c1)CCN2S(=O)(=O)c1[nH]cnc1Br. The maximum Gasteiger partial charge on any atom is 0.282 e. The Morgan fingerprint density at radius 3 is 2.90 bits per heavy atom. The number of H-pyrrole nitrogens is 1. The highest BCUT2D eigenvalue weighted by Crippen LogP contribution is 2.34. The third-order valence-electron chi connectivity index (χ3n) is 3.51. The van der Waals surface area contributed by atoms with E-state index < -0.39 is 10.0 Å². The van der Waals surface area contributed by atoms with Crippen LogP contribution in [0, 0.1) is 0 Å². The van der Waals surface area contributed by atoms with Gasteiger partial charge in [-0.05, 0) is 46.0 Å². The van der Waals surface area contributed by atoms with Crippen LogP contribution in [0.1, 0.15) is 18.1 Å². The minimum absolute atomic E-state index is 0.102. The van der Waals surface area contributed by atoms with E-state index in [2.05, 4.69) is 38.9 Å². The molecule has 2 aromatic rings. The minimum Gasteiger partial charge on any atom is -0.333 e. The zero-order valence-electron chi connectivity index (χ0n) is 10.9. The molecule has 0 saturated carbocycles. The van der Waals surface area contributed by atoms with Crippen molar-refractivity contribution in [1.82, 2.24) is 9.97 Å². The summed E-state index contributed by atoms with van der Waals surface area (Å²) in [7, 11) is -3.59. The van der Waals surface area contributed by atoms with Gasteiger partial charge in [-0.2, -0.15) is 8.42 Å². The van der Waals surface area contributed by atoms with Crippen LogP contribution in [-0.4, -0.2) is 24.9 Å². The van der Waals surface area contributed by atoms with Gasteiger partial charge in [0.05, 0.1) is 12.0 Å². The Bertz CT molecular complexity index is 755. The number of rotatable bonds is 3. The summed E-state index contributed by atoms with van der Waals surface area (Å²) in [6, 6.07) is 5.96. The molecule has 7 heteroatoms. The predicted octanol–water partition coefficient (Wildman–Crippen LogP) is 2.49. The van der Waals surface area contributed by atoms with Crippen molar-refractivity contribution in [1.29, 1.82) is 0 Å². The second-order valence-electron chi connectivity index (χ2n) is 4.67. The largest absolute Gasteiger partial charge is 0.333 e. The van der Waals surface area contributed by atoms with Crippen LogP contribution in [0.2, 0.25) is 0 Å². The Labute approximate surface area is 126 Å². The van der Waals surface area contributed by atoms with Gasteiger partial charge in [0.2, 0.25) is 0 Å². The second kappa shape index (κ2) is 4.89. The van der Waals surface area contributed by atoms with Crippen LogP contribution in [0.3, 0.4) is 0 Å².